The average Bonchev–Trinajstić information content (AvgIpc) is 2.88. The minimum atomic E-state index is -3.48. The van der Waals surface area contributed by atoms with Gasteiger partial charge in [0.1, 0.15) is 0 Å². The van der Waals surface area contributed by atoms with E-state index in [-0.39, 0.29) is 17.5 Å². The van der Waals surface area contributed by atoms with E-state index >= 15 is 0 Å². The first-order valence-corrected chi connectivity index (χ1v) is 7.44. The van der Waals surface area contributed by atoms with Gasteiger partial charge in [0.05, 0.1) is 11.5 Å². The van der Waals surface area contributed by atoms with Gasteiger partial charge in [-0.15, -0.1) is 0 Å². The van der Waals surface area contributed by atoms with E-state index in [1.807, 2.05) is 0 Å². The van der Waals surface area contributed by atoms with E-state index in [0.717, 1.165) is 18.5 Å². The molecule has 100 valence electrons. The van der Waals surface area contributed by atoms with E-state index in [0.29, 0.717) is 6.54 Å². The molecular formula is C12H18N2O3S. The highest BCUT2D eigenvalue weighted by atomic mass is 32.2. The second kappa shape index (κ2) is 5.26. The number of hydrogen-bond donors (Lipinski definition) is 2. The van der Waals surface area contributed by atoms with Crippen LogP contribution in [0.15, 0.2) is 29.2 Å². The molecule has 0 bridgehead atoms. The maximum absolute atomic E-state index is 12.4. The fourth-order valence-corrected chi connectivity index (χ4v) is 3.92. The predicted octanol–water partition coefficient (Wildman–Crippen LogP) is 0.874. The smallest absolute Gasteiger partial charge is 0.243 e. The molecule has 0 radical (unpaired) electrons. The monoisotopic (exact) mass is 270 g/mol. The van der Waals surface area contributed by atoms with Gasteiger partial charge in [-0.05, 0) is 37.1 Å². The lowest BCUT2D eigenvalue weighted by molar-refractivity contribution is 0.213. The summed E-state index contributed by atoms with van der Waals surface area (Å²) < 4.78 is 26.2. The summed E-state index contributed by atoms with van der Waals surface area (Å²) in [7, 11) is -1.70. The van der Waals surface area contributed by atoms with Gasteiger partial charge in [0, 0.05) is 25.3 Å². The lowest BCUT2D eigenvalue weighted by atomic mass is 10.2. The molecule has 1 atom stereocenters. The highest BCUT2D eigenvalue weighted by Crippen LogP contribution is 2.26. The standard InChI is InChI=1S/C12H18N2O3S/c1-13-10-4-6-12(7-5-10)18(16,17)14-8-2-3-11(14)9-15/h4-7,11,13,15H,2-3,8-9H2,1H3. The largest absolute Gasteiger partial charge is 0.395 e. The molecule has 2 N–H and O–H groups in total. The van der Waals surface area contributed by atoms with E-state index in [9.17, 15) is 13.5 Å². The van der Waals surface area contributed by atoms with Crippen molar-refractivity contribution in [2.75, 3.05) is 25.5 Å². The molecule has 1 aromatic carbocycles. The fourth-order valence-electron chi connectivity index (χ4n) is 2.24. The zero-order valence-electron chi connectivity index (χ0n) is 10.3. The Labute approximate surface area is 107 Å². The number of aliphatic hydroxyl groups is 1. The second-order valence-corrected chi connectivity index (χ2v) is 6.26. The van der Waals surface area contributed by atoms with Crippen LogP contribution in [0.3, 0.4) is 0 Å². The summed E-state index contributed by atoms with van der Waals surface area (Å²) in [6.45, 7) is 0.370. The first kappa shape index (κ1) is 13.3. The Morgan fingerprint density at radius 3 is 2.61 bits per heavy atom. The topological polar surface area (TPSA) is 69.6 Å². The number of aliphatic hydroxyl groups excluding tert-OH is 1. The molecule has 6 heteroatoms. The molecule has 0 amide bonds. The van der Waals surface area contributed by atoms with Crippen LogP contribution in [0.25, 0.3) is 0 Å². The lowest BCUT2D eigenvalue weighted by Crippen LogP contribution is -2.37. The zero-order chi connectivity index (χ0) is 13.2. The second-order valence-electron chi connectivity index (χ2n) is 4.37. The van der Waals surface area contributed by atoms with Gasteiger partial charge in [-0.3, -0.25) is 0 Å². The van der Waals surface area contributed by atoms with E-state index < -0.39 is 10.0 Å². The molecule has 0 aromatic heterocycles. The van der Waals surface area contributed by atoms with E-state index in [2.05, 4.69) is 5.32 Å². The van der Waals surface area contributed by atoms with E-state index in [1.165, 1.54) is 4.31 Å². The van der Waals surface area contributed by atoms with Crippen molar-refractivity contribution >= 4 is 15.7 Å². The molecule has 0 spiro atoms. The lowest BCUT2D eigenvalue weighted by Gasteiger charge is -2.22. The van der Waals surface area contributed by atoms with Crippen molar-refractivity contribution in [3.05, 3.63) is 24.3 Å². The van der Waals surface area contributed by atoms with Crippen LogP contribution in [-0.4, -0.2) is 44.1 Å². The van der Waals surface area contributed by atoms with Gasteiger partial charge < -0.3 is 10.4 Å². The Kier molecular flexibility index (Phi) is 3.89. The van der Waals surface area contributed by atoms with Crippen LogP contribution in [0.5, 0.6) is 0 Å². The highest BCUT2D eigenvalue weighted by molar-refractivity contribution is 7.89. The van der Waals surface area contributed by atoms with Crippen molar-refractivity contribution in [3.63, 3.8) is 0 Å². The van der Waals surface area contributed by atoms with Crippen LogP contribution < -0.4 is 5.32 Å². The maximum Gasteiger partial charge on any atom is 0.243 e. The summed E-state index contributed by atoms with van der Waals surface area (Å²) in [5, 5.41) is 12.2. The van der Waals surface area contributed by atoms with Crippen LogP contribution in [0.2, 0.25) is 0 Å². The van der Waals surface area contributed by atoms with Crippen molar-refractivity contribution in [1.29, 1.82) is 0 Å². The first-order chi connectivity index (χ1) is 8.59. The van der Waals surface area contributed by atoms with Gasteiger partial charge in [-0.1, -0.05) is 0 Å². The molecule has 0 aliphatic carbocycles. The molecule has 18 heavy (non-hydrogen) atoms. The summed E-state index contributed by atoms with van der Waals surface area (Å²) in [5.74, 6) is 0. The Morgan fingerprint density at radius 1 is 1.39 bits per heavy atom. The molecule has 5 nitrogen and oxygen atoms in total. The Hall–Kier alpha value is -1.11. The molecule has 1 aliphatic rings. The maximum atomic E-state index is 12.4. The summed E-state index contributed by atoms with van der Waals surface area (Å²) in [4.78, 5) is 0.279. The van der Waals surface area contributed by atoms with Crippen molar-refractivity contribution in [2.45, 2.75) is 23.8 Å². The summed E-state index contributed by atoms with van der Waals surface area (Å²) in [6, 6.07) is 6.37. The SMILES string of the molecule is CNc1ccc(S(=O)(=O)N2CCCC2CO)cc1. The average molecular weight is 270 g/mol. The number of benzene rings is 1. The summed E-state index contributed by atoms with van der Waals surface area (Å²) in [5.41, 5.74) is 0.870. The summed E-state index contributed by atoms with van der Waals surface area (Å²) >= 11 is 0. The molecule has 1 aromatic rings. The Bertz CT molecular complexity index is 499. The normalized spacial score (nSPS) is 21.1. The third-order valence-electron chi connectivity index (χ3n) is 3.28. The number of sulfonamides is 1. The van der Waals surface area contributed by atoms with Gasteiger partial charge in [-0.2, -0.15) is 4.31 Å². The molecule has 1 unspecified atom stereocenters. The van der Waals surface area contributed by atoms with E-state index in [4.69, 9.17) is 0 Å². The van der Waals surface area contributed by atoms with Crippen LogP contribution in [0.4, 0.5) is 5.69 Å². The first-order valence-electron chi connectivity index (χ1n) is 6.00. The third kappa shape index (κ3) is 2.36. The van der Waals surface area contributed by atoms with Gasteiger partial charge >= 0.3 is 0 Å². The molecular weight excluding hydrogens is 252 g/mol. The molecule has 0 saturated carbocycles. The Morgan fingerprint density at radius 2 is 2.06 bits per heavy atom. The van der Waals surface area contributed by atoms with Crippen molar-refractivity contribution in [2.24, 2.45) is 0 Å². The molecule has 2 rings (SSSR count). The van der Waals surface area contributed by atoms with Gasteiger partial charge in [-0.25, -0.2) is 8.42 Å². The third-order valence-corrected chi connectivity index (χ3v) is 5.25. The van der Waals surface area contributed by atoms with Crippen LogP contribution in [0.1, 0.15) is 12.8 Å². The number of rotatable bonds is 4. The molecule has 1 heterocycles. The van der Waals surface area contributed by atoms with Crippen LogP contribution in [0, 0.1) is 0 Å². The molecule has 1 aliphatic heterocycles. The predicted molar refractivity (Wildman–Crippen MR) is 70.0 cm³/mol. The highest BCUT2D eigenvalue weighted by Gasteiger charge is 2.34. The number of hydrogen-bond acceptors (Lipinski definition) is 4. The van der Waals surface area contributed by atoms with Crippen LogP contribution >= 0.6 is 0 Å². The minimum absolute atomic E-state index is 0.117. The minimum Gasteiger partial charge on any atom is -0.395 e. The van der Waals surface area contributed by atoms with Crippen molar-refractivity contribution in [3.8, 4) is 0 Å². The molecule has 1 fully saturated rings. The number of anilines is 1. The quantitative estimate of drug-likeness (QED) is 0.852. The summed E-state index contributed by atoms with van der Waals surface area (Å²) in [6.07, 6.45) is 1.53. The zero-order valence-corrected chi connectivity index (χ0v) is 11.2. The molecule has 1 saturated heterocycles. The van der Waals surface area contributed by atoms with Gasteiger partial charge in [0.2, 0.25) is 10.0 Å². The van der Waals surface area contributed by atoms with E-state index in [1.54, 1.807) is 31.3 Å². The van der Waals surface area contributed by atoms with Crippen molar-refractivity contribution < 1.29 is 13.5 Å². The Balaban J connectivity index is 2.29. The fraction of sp³-hybridized carbons (Fsp3) is 0.500. The number of nitrogens with zero attached hydrogens (tertiary/aromatic N) is 1. The number of nitrogens with one attached hydrogen (secondary N) is 1. The van der Waals surface area contributed by atoms with Gasteiger partial charge in [0.25, 0.3) is 0 Å². The van der Waals surface area contributed by atoms with Crippen molar-refractivity contribution in [1.82, 2.24) is 4.31 Å². The van der Waals surface area contributed by atoms with Gasteiger partial charge in [0.15, 0.2) is 0 Å². The van der Waals surface area contributed by atoms with Crippen LogP contribution in [-0.2, 0) is 10.0 Å².